The van der Waals surface area contributed by atoms with Gasteiger partial charge in [-0.3, -0.25) is 14.6 Å². The van der Waals surface area contributed by atoms with Crippen molar-refractivity contribution in [3.8, 4) is 11.5 Å². The number of pyridine rings is 1. The number of imidazole rings is 1. The Morgan fingerprint density at radius 1 is 1.12 bits per heavy atom. The number of aryl methyl sites for hydroxylation is 1. The smallest absolute Gasteiger partial charge is 0.417 e. The number of fused-ring (bicyclic) bond motifs is 1. The molecule has 1 fully saturated rings. The zero-order valence-electron chi connectivity index (χ0n) is 22.0. The fourth-order valence-electron chi connectivity index (χ4n) is 4.54. The van der Waals surface area contributed by atoms with Crippen molar-refractivity contribution >= 4 is 46.1 Å². The molecule has 3 heterocycles. The molecule has 9 nitrogen and oxygen atoms in total. The number of amides is 2. The number of nitrogens with zero attached hydrogens (tertiary/aromatic N) is 4. The molecule has 2 amide bonds. The molecular weight excluding hydrogens is 561 g/mol. The molecule has 0 bridgehead atoms. The summed E-state index contributed by atoms with van der Waals surface area (Å²) in [6, 6.07) is 11.9. The fraction of sp³-hybridized carbons (Fsp3) is 0.286. The van der Waals surface area contributed by atoms with E-state index in [0.717, 1.165) is 24.5 Å². The van der Waals surface area contributed by atoms with E-state index < -0.39 is 11.7 Å². The molecule has 1 saturated heterocycles. The molecule has 0 atom stereocenters. The Kier molecular flexibility index (Phi) is 8.02. The van der Waals surface area contributed by atoms with Crippen molar-refractivity contribution in [1.29, 1.82) is 0 Å². The van der Waals surface area contributed by atoms with Gasteiger partial charge in [0.05, 0.1) is 21.6 Å². The van der Waals surface area contributed by atoms with Gasteiger partial charge < -0.3 is 24.8 Å². The van der Waals surface area contributed by atoms with E-state index in [-0.39, 0.29) is 28.2 Å². The number of alkyl halides is 3. The fourth-order valence-corrected chi connectivity index (χ4v) is 4.77. The number of benzene rings is 2. The van der Waals surface area contributed by atoms with Gasteiger partial charge in [0.2, 0.25) is 11.9 Å². The first-order chi connectivity index (χ1) is 19.6. The first-order valence-electron chi connectivity index (χ1n) is 12.9. The van der Waals surface area contributed by atoms with Crippen molar-refractivity contribution < 1.29 is 27.5 Å². The van der Waals surface area contributed by atoms with Crippen LogP contribution in [0.1, 0.15) is 35.3 Å². The first kappa shape index (κ1) is 28.2. The summed E-state index contributed by atoms with van der Waals surface area (Å²) in [5.74, 6) is 0.961. The number of hydrogen-bond donors (Lipinski definition) is 2. The van der Waals surface area contributed by atoms with Crippen LogP contribution in [0.15, 0.2) is 54.7 Å². The third-order valence-corrected chi connectivity index (χ3v) is 6.97. The average molecular weight is 587 g/mol. The van der Waals surface area contributed by atoms with Crippen LogP contribution in [0.4, 0.5) is 24.8 Å². The normalized spacial score (nSPS) is 13.6. The monoisotopic (exact) mass is 586 g/mol. The summed E-state index contributed by atoms with van der Waals surface area (Å²) < 4.78 is 47.4. The lowest BCUT2D eigenvalue weighted by molar-refractivity contribution is -0.137. The molecule has 0 aliphatic carbocycles. The quantitative estimate of drug-likeness (QED) is 0.236. The molecule has 0 spiro atoms. The Bertz CT molecular complexity index is 1610. The standard InChI is InChI=1S/C28H26ClF3N6O3/c1-37-24-8-6-18(15-22(24)36-27(37)35-17-5-7-21(29)20(14-17)28(30,31)32)41-19-9-11-33-23(16-19)26(40)34-10-3-13-38-12-2-4-25(38)39/h5-9,11,14-16H,2-4,10,12-13H2,1H3,(H,34,40)(H,35,36). The number of aromatic nitrogens is 3. The van der Waals surface area contributed by atoms with Crippen LogP contribution in [0.3, 0.4) is 0 Å². The molecule has 2 aromatic carbocycles. The molecule has 2 N–H and O–H groups in total. The molecule has 13 heteroatoms. The average Bonchev–Trinajstić information content (AvgIpc) is 3.48. The minimum atomic E-state index is -4.59. The minimum absolute atomic E-state index is 0.153. The van der Waals surface area contributed by atoms with Crippen LogP contribution in [0.5, 0.6) is 11.5 Å². The number of anilines is 2. The van der Waals surface area contributed by atoms with Crippen LogP contribution in [-0.2, 0) is 18.0 Å². The van der Waals surface area contributed by atoms with Crippen LogP contribution in [0.25, 0.3) is 11.0 Å². The van der Waals surface area contributed by atoms with Gasteiger partial charge in [0.25, 0.3) is 5.91 Å². The summed E-state index contributed by atoms with van der Waals surface area (Å²) in [6.07, 6.45) is -1.01. The highest BCUT2D eigenvalue weighted by molar-refractivity contribution is 6.31. The number of rotatable bonds is 9. The molecule has 0 saturated carbocycles. The highest BCUT2D eigenvalue weighted by Gasteiger charge is 2.33. The van der Waals surface area contributed by atoms with Gasteiger partial charge in [-0.15, -0.1) is 0 Å². The number of halogens is 4. The Morgan fingerprint density at radius 3 is 2.68 bits per heavy atom. The Balaban J connectivity index is 1.24. The Labute approximate surface area is 238 Å². The second-order valence-corrected chi connectivity index (χ2v) is 9.94. The van der Waals surface area contributed by atoms with E-state index in [4.69, 9.17) is 16.3 Å². The van der Waals surface area contributed by atoms with E-state index in [9.17, 15) is 22.8 Å². The predicted molar refractivity (Wildman–Crippen MR) is 148 cm³/mol. The van der Waals surface area contributed by atoms with E-state index in [2.05, 4.69) is 20.6 Å². The van der Waals surface area contributed by atoms with Crippen LogP contribution >= 0.6 is 11.6 Å². The number of ether oxygens (including phenoxy) is 1. The molecule has 2 aromatic heterocycles. The van der Waals surface area contributed by atoms with Gasteiger partial charge in [0, 0.05) is 57.1 Å². The number of carbonyl (C=O) groups excluding carboxylic acids is 2. The molecule has 5 rings (SSSR count). The summed E-state index contributed by atoms with van der Waals surface area (Å²) >= 11 is 5.72. The Hall–Kier alpha value is -4.32. The molecular formula is C28H26ClF3N6O3. The number of carbonyl (C=O) groups is 2. The largest absolute Gasteiger partial charge is 0.457 e. The summed E-state index contributed by atoms with van der Waals surface area (Å²) in [7, 11) is 1.73. The van der Waals surface area contributed by atoms with E-state index in [0.29, 0.717) is 48.9 Å². The van der Waals surface area contributed by atoms with E-state index in [1.807, 2.05) is 0 Å². The minimum Gasteiger partial charge on any atom is -0.457 e. The van der Waals surface area contributed by atoms with Crippen LogP contribution in [-0.4, -0.2) is 50.9 Å². The van der Waals surface area contributed by atoms with Gasteiger partial charge in [0.15, 0.2) is 0 Å². The topological polar surface area (TPSA) is 101 Å². The van der Waals surface area contributed by atoms with E-state index in [1.165, 1.54) is 24.4 Å². The molecule has 214 valence electrons. The number of likely N-dealkylation sites (tertiary alicyclic amines) is 1. The molecule has 1 aliphatic heterocycles. The summed E-state index contributed by atoms with van der Waals surface area (Å²) in [5, 5.41) is 5.33. The van der Waals surface area contributed by atoms with Crippen LogP contribution in [0.2, 0.25) is 5.02 Å². The van der Waals surface area contributed by atoms with Gasteiger partial charge in [0.1, 0.15) is 17.2 Å². The maximum absolute atomic E-state index is 13.3. The van der Waals surface area contributed by atoms with E-state index in [1.54, 1.807) is 40.8 Å². The maximum Gasteiger partial charge on any atom is 0.417 e. The van der Waals surface area contributed by atoms with Gasteiger partial charge >= 0.3 is 6.18 Å². The zero-order chi connectivity index (χ0) is 29.1. The predicted octanol–water partition coefficient (Wildman–Crippen LogP) is 5.92. The molecule has 1 aliphatic rings. The first-order valence-corrected chi connectivity index (χ1v) is 13.3. The molecule has 4 aromatic rings. The molecule has 0 radical (unpaired) electrons. The van der Waals surface area contributed by atoms with Crippen molar-refractivity contribution in [3.63, 3.8) is 0 Å². The van der Waals surface area contributed by atoms with Gasteiger partial charge in [-0.05, 0) is 49.2 Å². The number of nitrogens with one attached hydrogen (secondary N) is 2. The number of hydrogen-bond acceptors (Lipinski definition) is 6. The lowest BCUT2D eigenvalue weighted by atomic mass is 10.2. The highest BCUT2D eigenvalue weighted by atomic mass is 35.5. The third kappa shape index (κ3) is 6.54. The second kappa shape index (κ2) is 11.7. The molecule has 0 unspecified atom stereocenters. The lowest BCUT2D eigenvalue weighted by Gasteiger charge is -2.15. The lowest BCUT2D eigenvalue weighted by Crippen LogP contribution is -2.30. The summed E-state index contributed by atoms with van der Waals surface area (Å²) in [5.41, 5.74) is 0.689. The van der Waals surface area contributed by atoms with Crippen LogP contribution in [0, 0.1) is 0 Å². The third-order valence-electron chi connectivity index (χ3n) is 6.64. The van der Waals surface area contributed by atoms with Gasteiger partial charge in [-0.1, -0.05) is 11.6 Å². The van der Waals surface area contributed by atoms with Crippen molar-refractivity contribution in [2.45, 2.75) is 25.4 Å². The second-order valence-electron chi connectivity index (χ2n) is 9.53. The zero-order valence-corrected chi connectivity index (χ0v) is 22.7. The highest BCUT2D eigenvalue weighted by Crippen LogP contribution is 2.37. The maximum atomic E-state index is 13.3. The van der Waals surface area contributed by atoms with Crippen molar-refractivity contribution in [2.75, 3.05) is 25.0 Å². The van der Waals surface area contributed by atoms with Crippen molar-refractivity contribution in [1.82, 2.24) is 24.8 Å². The van der Waals surface area contributed by atoms with Crippen molar-refractivity contribution in [2.24, 2.45) is 7.05 Å². The van der Waals surface area contributed by atoms with Crippen molar-refractivity contribution in [3.05, 3.63) is 71.0 Å². The SMILES string of the molecule is Cn1c(Nc2ccc(Cl)c(C(F)(F)F)c2)nc2cc(Oc3ccnc(C(=O)NCCCN4CCCC4=O)c3)ccc21. The van der Waals surface area contributed by atoms with Gasteiger partial charge in [-0.25, -0.2) is 4.98 Å². The summed E-state index contributed by atoms with van der Waals surface area (Å²) in [6.45, 7) is 1.79. The molecule has 41 heavy (non-hydrogen) atoms. The summed E-state index contributed by atoms with van der Waals surface area (Å²) in [4.78, 5) is 34.7. The van der Waals surface area contributed by atoms with Gasteiger partial charge in [-0.2, -0.15) is 13.2 Å². The van der Waals surface area contributed by atoms with E-state index >= 15 is 0 Å². The van der Waals surface area contributed by atoms with Crippen LogP contribution < -0.4 is 15.4 Å². The Morgan fingerprint density at radius 2 is 1.93 bits per heavy atom.